The summed E-state index contributed by atoms with van der Waals surface area (Å²) in [5.74, 6) is -0.603. The molecule has 0 fully saturated rings. The van der Waals surface area contributed by atoms with E-state index in [0.717, 1.165) is 6.07 Å². The summed E-state index contributed by atoms with van der Waals surface area (Å²) in [6.07, 6.45) is 1.33. The monoisotopic (exact) mass is 552 g/mol. The average molecular weight is 553 g/mol. The zero-order valence-electron chi connectivity index (χ0n) is 20.2. The van der Waals surface area contributed by atoms with Crippen LogP contribution >= 0.6 is 18.7 Å². The van der Waals surface area contributed by atoms with Crippen LogP contribution in [0.4, 0.5) is 23.1 Å². The SMILES string of the molecule is COc1cc(P(C)(C)=O)ccc1Nc1ncc(Cl)c(Nc2ccc(C(=O)O)cc2S(=O)(=O)C(C)C)n1. The molecule has 3 rings (SSSR count). The van der Waals surface area contributed by atoms with Crippen molar-refractivity contribution in [1.29, 1.82) is 0 Å². The molecule has 0 bridgehead atoms. The normalized spacial score (nSPS) is 11.9. The maximum atomic E-state index is 12.9. The van der Waals surface area contributed by atoms with E-state index < -0.39 is 28.2 Å². The van der Waals surface area contributed by atoms with Crippen molar-refractivity contribution >= 4 is 63.0 Å². The van der Waals surface area contributed by atoms with Crippen LogP contribution in [0.15, 0.2) is 47.5 Å². The molecule has 13 heteroatoms. The number of halogens is 1. The molecular formula is C23H26ClN4O6PS. The number of sulfone groups is 1. The van der Waals surface area contributed by atoms with Gasteiger partial charge in [0, 0.05) is 5.30 Å². The zero-order valence-corrected chi connectivity index (χ0v) is 22.7. The quantitative estimate of drug-likeness (QED) is 0.317. The molecule has 0 radical (unpaired) electrons. The van der Waals surface area contributed by atoms with Crippen molar-refractivity contribution in [2.45, 2.75) is 24.0 Å². The third kappa shape index (κ3) is 5.98. The van der Waals surface area contributed by atoms with Gasteiger partial charge in [0.15, 0.2) is 15.7 Å². The lowest BCUT2D eigenvalue weighted by Gasteiger charge is -2.17. The molecular weight excluding hydrogens is 527 g/mol. The standard InChI is InChI=1S/C23H26ClN4O6PS/c1-13(2)36(32,33)20-10-14(22(29)30)6-8-18(20)26-21-16(24)12-25-23(28-21)27-17-9-7-15(35(4,5)31)11-19(17)34-3/h6-13H,1-5H3,(H,29,30)(H2,25,26,27,28). The summed E-state index contributed by atoms with van der Waals surface area (Å²) >= 11 is 6.27. The van der Waals surface area contributed by atoms with E-state index in [9.17, 15) is 22.9 Å². The number of nitrogens with zero attached hydrogens (tertiary/aromatic N) is 2. The molecule has 0 aliphatic rings. The van der Waals surface area contributed by atoms with Crippen LogP contribution < -0.4 is 20.7 Å². The van der Waals surface area contributed by atoms with Gasteiger partial charge in [-0.05, 0) is 63.6 Å². The van der Waals surface area contributed by atoms with E-state index in [1.54, 1.807) is 31.5 Å². The number of ether oxygens (including phenoxy) is 1. The molecule has 0 atom stereocenters. The number of carboxylic acids is 1. The Bertz CT molecular complexity index is 1470. The maximum absolute atomic E-state index is 12.9. The van der Waals surface area contributed by atoms with Gasteiger partial charge in [0.1, 0.15) is 17.9 Å². The Morgan fingerprint density at radius 1 is 1.11 bits per heavy atom. The highest BCUT2D eigenvalue weighted by atomic mass is 35.5. The lowest BCUT2D eigenvalue weighted by Crippen LogP contribution is -2.17. The molecule has 0 saturated heterocycles. The molecule has 2 aromatic carbocycles. The van der Waals surface area contributed by atoms with Crippen LogP contribution in [0, 0.1) is 0 Å². The van der Waals surface area contributed by atoms with Gasteiger partial charge >= 0.3 is 5.97 Å². The molecule has 3 aromatic rings. The minimum absolute atomic E-state index is 0.0969. The maximum Gasteiger partial charge on any atom is 0.335 e. The van der Waals surface area contributed by atoms with Gasteiger partial charge in [0.05, 0.1) is 40.4 Å². The summed E-state index contributed by atoms with van der Waals surface area (Å²) in [5, 5.41) is 15.2. The number of benzene rings is 2. The van der Waals surface area contributed by atoms with Gasteiger partial charge in [-0.2, -0.15) is 4.98 Å². The van der Waals surface area contributed by atoms with Crippen molar-refractivity contribution in [3.05, 3.63) is 53.2 Å². The second kappa shape index (κ2) is 10.5. The van der Waals surface area contributed by atoms with E-state index in [4.69, 9.17) is 16.3 Å². The van der Waals surface area contributed by atoms with Crippen LogP contribution in [-0.2, 0) is 14.4 Å². The summed E-state index contributed by atoms with van der Waals surface area (Å²) in [5.41, 5.74) is 0.454. The number of rotatable bonds is 9. The van der Waals surface area contributed by atoms with Crippen molar-refractivity contribution in [3.63, 3.8) is 0 Å². The van der Waals surface area contributed by atoms with E-state index in [1.165, 1.54) is 39.3 Å². The van der Waals surface area contributed by atoms with Gasteiger partial charge in [-0.25, -0.2) is 18.2 Å². The first-order valence-corrected chi connectivity index (χ1v) is 15.2. The van der Waals surface area contributed by atoms with Crippen LogP contribution in [0.25, 0.3) is 0 Å². The van der Waals surface area contributed by atoms with Crippen LogP contribution in [-0.4, -0.2) is 55.2 Å². The third-order valence-corrected chi connectivity index (χ3v) is 9.20. The van der Waals surface area contributed by atoms with Gasteiger partial charge < -0.3 is 25.0 Å². The molecule has 0 spiro atoms. The fraction of sp³-hybridized carbons (Fsp3) is 0.261. The number of nitrogens with one attached hydrogen (secondary N) is 2. The van der Waals surface area contributed by atoms with Gasteiger partial charge in [-0.1, -0.05) is 11.6 Å². The first kappa shape index (κ1) is 27.4. The lowest BCUT2D eigenvalue weighted by molar-refractivity contribution is 0.0696. The van der Waals surface area contributed by atoms with E-state index >= 15 is 0 Å². The number of anilines is 4. The number of aromatic nitrogens is 2. The van der Waals surface area contributed by atoms with Gasteiger partial charge in [-0.15, -0.1) is 0 Å². The highest BCUT2D eigenvalue weighted by Crippen LogP contribution is 2.38. The molecule has 0 aliphatic carbocycles. The molecule has 10 nitrogen and oxygen atoms in total. The zero-order chi connectivity index (χ0) is 26.8. The number of carbonyl (C=O) groups is 1. The Hall–Kier alpha value is -3.14. The van der Waals surface area contributed by atoms with Crippen molar-refractivity contribution in [2.75, 3.05) is 31.1 Å². The molecule has 36 heavy (non-hydrogen) atoms. The summed E-state index contributed by atoms with van der Waals surface area (Å²) in [6, 6.07) is 8.81. The molecule has 0 aliphatic heterocycles. The number of carboxylic acid groups (broad SMARTS) is 1. The number of methoxy groups -OCH3 is 1. The number of aromatic carboxylic acids is 1. The van der Waals surface area contributed by atoms with E-state index in [0.29, 0.717) is 16.7 Å². The molecule has 192 valence electrons. The molecule has 0 unspecified atom stereocenters. The number of hydrogen-bond donors (Lipinski definition) is 3. The summed E-state index contributed by atoms with van der Waals surface area (Å²) in [4.78, 5) is 19.7. The van der Waals surface area contributed by atoms with Gasteiger partial charge in [0.25, 0.3) is 0 Å². The Kier molecular flexibility index (Phi) is 7.97. The van der Waals surface area contributed by atoms with Crippen LogP contribution in [0.1, 0.15) is 24.2 Å². The summed E-state index contributed by atoms with van der Waals surface area (Å²) in [6.45, 7) is 6.32. The van der Waals surface area contributed by atoms with Crippen molar-refractivity contribution in [2.24, 2.45) is 0 Å². The van der Waals surface area contributed by atoms with E-state index in [1.807, 2.05) is 0 Å². The third-order valence-electron chi connectivity index (χ3n) is 5.21. The highest BCUT2D eigenvalue weighted by Gasteiger charge is 2.25. The average Bonchev–Trinajstić information content (AvgIpc) is 2.80. The predicted molar refractivity (Wildman–Crippen MR) is 141 cm³/mol. The van der Waals surface area contributed by atoms with Crippen LogP contribution in [0.5, 0.6) is 5.75 Å². The van der Waals surface area contributed by atoms with Crippen LogP contribution in [0.2, 0.25) is 5.02 Å². The van der Waals surface area contributed by atoms with E-state index in [2.05, 4.69) is 20.6 Å². The fourth-order valence-electron chi connectivity index (χ4n) is 3.13. The van der Waals surface area contributed by atoms with Crippen LogP contribution in [0.3, 0.4) is 0 Å². The molecule has 1 aromatic heterocycles. The highest BCUT2D eigenvalue weighted by molar-refractivity contribution is 7.92. The van der Waals surface area contributed by atoms with Crippen molar-refractivity contribution in [3.8, 4) is 5.75 Å². The fourth-order valence-corrected chi connectivity index (χ4v) is 5.35. The molecule has 0 amide bonds. The first-order valence-electron chi connectivity index (χ1n) is 10.7. The largest absolute Gasteiger partial charge is 0.495 e. The Morgan fingerprint density at radius 2 is 1.78 bits per heavy atom. The van der Waals surface area contributed by atoms with E-state index in [-0.39, 0.29) is 32.9 Å². The molecule has 1 heterocycles. The Labute approximate surface area is 214 Å². The Morgan fingerprint density at radius 3 is 2.36 bits per heavy atom. The molecule has 0 saturated carbocycles. The van der Waals surface area contributed by atoms with Crippen molar-refractivity contribution in [1.82, 2.24) is 9.97 Å². The van der Waals surface area contributed by atoms with Crippen molar-refractivity contribution < 1.29 is 27.6 Å². The second-order valence-corrected chi connectivity index (χ2v) is 14.6. The predicted octanol–water partition coefficient (Wildman–Crippen LogP) is 4.75. The Balaban J connectivity index is 2.01. The minimum Gasteiger partial charge on any atom is -0.495 e. The van der Waals surface area contributed by atoms with Gasteiger partial charge in [-0.3, -0.25) is 0 Å². The lowest BCUT2D eigenvalue weighted by atomic mass is 10.2. The summed E-state index contributed by atoms with van der Waals surface area (Å²) in [7, 11) is -4.87. The second-order valence-electron chi connectivity index (χ2n) is 8.49. The summed E-state index contributed by atoms with van der Waals surface area (Å²) < 4.78 is 43.7. The first-order chi connectivity index (χ1) is 16.7. The topological polar surface area (TPSA) is 148 Å². The minimum atomic E-state index is -3.85. The number of hydrogen-bond acceptors (Lipinski definition) is 9. The smallest absolute Gasteiger partial charge is 0.335 e. The van der Waals surface area contributed by atoms with Gasteiger partial charge in [0.2, 0.25) is 5.95 Å². The molecule has 3 N–H and O–H groups in total.